The number of benzene rings is 3. The van der Waals surface area contributed by atoms with Crippen molar-refractivity contribution in [1.29, 1.82) is 0 Å². The lowest BCUT2D eigenvalue weighted by Crippen LogP contribution is -2.28. The Kier molecular flexibility index (Phi) is 6.16. The van der Waals surface area contributed by atoms with Crippen molar-refractivity contribution in [3.8, 4) is 11.1 Å². The molecule has 0 atom stereocenters. The smallest absolute Gasteiger partial charge is 0.237 e. The van der Waals surface area contributed by atoms with E-state index in [1.807, 2.05) is 24.3 Å². The van der Waals surface area contributed by atoms with Crippen LogP contribution in [0.3, 0.4) is 0 Å². The van der Waals surface area contributed by atoms with Crippen molar-refractivity contribution in [3.63, 3.8) is 0 Å². The fourth-order valence-electron chi connectivity index (χ4n) is 2.91. The summed E-state index contributed by atoms with van der Waals surface area (Å²) in [6.07, 6.45) is 0.806. The Balaban J connectivity index is 1.89. The maximum atomic E-state index is 13.0. The zero-order valence-electron chi connectivity index (χ0n) is 15.3. The standard InChI is InChI=1S/C23H18BrNO3/c1-25(22(27)14-24)21-5-3-2-4-20(21)23(28)19-12-10-18(11-13-19)17-8-6-16(15-26)7-9-17/h2-13,15H,14H2,1H3. The van der Waals surface area contributed by atoms with E-state index in [1.165, 1.54) is 4.90 Å². The molecule has 0 aliphatic carbocycles. The van der Waals surface area contributed by atoms with Gasteiger partial charge in [0, 0.05) is 23.7 Å². The van der Waals surface area contributed by atoms with Crippen LogP contribution in [-0.4, -0.2) is 30.4 Å². The minimum Gasteiger partial charge on any atom is -0.314 e. The van der Waals surface area contributed by atoms with Crippen molar-refractivity contribution >= 4 is 39.6 Å². The van der Waals surface area contributed by atoms with E-state index in [0.717, 1.165) is 17.4 Å². The molecule has 0 fully saturated rings. The Bertz CT molecular complexity index is 1010. The van der Waals surface area contributed by atoms with Gasteiger partial charge in [-0.2, -0.15) is 0 Å². The molecule has 3 rings (SSSR count). The maximum Gasteiger partial charge on any atom is 0.237 e. The third-order valence-corrected chi connectivity index (χ3v) is 5.01. The van der Waals surface area contributed by atoms with E-state index in [4.69, 9.17) is 0 Å². The molecule has 0 saturated heterocycles. The molecule has 3 aromatic carbocycles. The van der Waals surface area contributed by atoms with Gasteiger partial charge in [0.2, 0.25) is 5.91 Å². The first-order valence-corrected chi connectivity index (χ1v) is 9.79. The minimum atomic E-state index is -0.146. The molecule has 0 spiro atoms. The third-order valence-electron chi connectivity index (χ3n) is 4.53. The Morgan fingerprint density at radius 3 is 2.04 bits per heavy atom. The van der Waals surface area contributed by atoms with Crippen LogP contribution >= 0.6 is 15.9 Å². The summed E-state index contributed by atoms with van der Waals surface area (Å²) in [7, 11) is 1.65. The Morgan fingerprint density at radius 1 is 0.893 bits per heavy atom. The number of anilines is 1. The SMILES string of the molecule is CN(C(=O)CBr)c1ccccc1C(=O)c1ccc(-c2ccc(C=O)cc2)cc1. The van der Waals surface area contributed by atoms with Gasteiger partial charge in [0.25, 0.3) is 0 Å². The zero-order chi connectivity index (χ0) is 20.1. The Hall–Kier alpha value is -3.05. The Morgan fingerprint density at radius 2 is 1.46 bits per heavy atom. The number of halogens is 1. The number of para-hydroxylation sites is 1. The first-order valence-electron chi connectivity index (χ1n) is 8.67. The molecule has 4 nitrogen and oxygen atoms in total. The van der Waals surface area contributed by atoms with Crippen molar-refractivity contribution in [2.45, 2.75) is 0 Å². The summed E-state index contributed by atoms with van der Waals surface area (Å²) in [5, 5.41) is 0.184. The molecule has 0 aliphatic rings. The number of carbonyl (C=O) groups is 3. The Labute approximate surface area is 171 Å². The van der Waals surface area contributed by atoms with Crippen LogP contribution in [0.1, 0.15) is 26.3 Å². The molecule has 0 unspecified atom stereocenters. The number of alkyl halides is 1. The number of carbonyl (C=O) groups excluding carboxylic acids is 3. The fraction of sp³-hybridized carbons (Fsp3) is 0.0870. The van der Waals surface area contributed by atoms with Crippen LogP contribution in [-0.2, 0) is 4.79 Å². The molecule has 0 N–H and O–H groups in total. The zero-order valence-corrected chi connectivity index (χ0v) is 16.8. The van der Waals surface area contributed by atoms with Gasteiger partial charge < -0.3 is 4.90 Å². The van der Waals surface area contributed by atoms with E-state index in [2.05, 4.69) is 15.9 Å². The number of hydrogen-bond acceptors (Lipinski definition) is 3. The van der Waals surface area contributed by atoms with Crippen LogP contribution in [0.5, 0.6) is 0 Å². The first kappa shape index (κ1) is 19.7. The molecule has 140 valence electrons. The van der Waals surface area contributed by atoms with E-state index in [9.17, 15) is 14.4 Å². The molecule has 28 heavy (non-hydrogen) atoms. The predicted octanol–water partition coefficient (Wildman–Crippen LogP) is 4.75. The molecule has 0 radical (unpaired) electrons. The summed E-state index contributed by atoms with van der Waals surface area (Å²) in [4.78, 5) is 37.3. The van der Waals surface area contributed by atoms with Gasteiger partial charge in [0.1, 0.15) is 6.29 Å². The summed E-state index contributed by atoms with van der Waals surface area (Å²) in [6.45, 7) is 0. The molecule has 0 saturated carbocycles. The summed E-state index contributed by atoms with van der Waals surface area (Å²) in [5.74, 6) is -0.276. The van der Waals surface area contributed by atoms with Crippen molar-refractivity contribution in [3.05, 3.63) is 89.5 Å². The van der Waals surface area contributed by atoms with Gasteiger partial charge in [-0.1, -0.05) is 76.6 Å². The van der Waals surface area contributed by atoms with Gasteiger partial charge in [0.15, 0.2) is 5.78 Å². The number of aldehydes is 1. The molecule has 3 aromatic rings. The van der Waals surface area contributed by atoms with Crippen LogP contribution in [0.25, 0.3) is 11.1 Å². The van der Waals surface area contributed by atoms with E-state index in [0.29, 0.717) is 22.4 Å². The molecule has 0 bridgehead atoms. The van der Waals surface area contributed by atoms with Gasteiger partial charge in [-0.05, 0) is 23.3 Å². The molecular weight excluding hydrogens is 418 g/mol. The molecule has 0 aliphatic heterocycles. The topological polar surface area (TPSA) is 54.5 Å². The number of hydrogen-bond donors (Lipinski definition) is 0. The molecular formula is C23H18BrNO3. The molecule has 1 amide bonds. The van der Waals surface area contributed by atoms with Crippen LogP contribution in [0, 0.1) is 0 Å². The molecule has 0 heterocycles. The number of nitrogens with zero attached hydrogens (tertiary/aromatic N) is 1. The molecule has 0 aromatic heterocycles. The fourth-order valence-corrected chi connectivity index (χ4v) is 3.28. The average molecular weight is 436 g/mol. The van der Waals surface area contributed by atoms with Gasteiger partial charge >= 0.3 is 0 Å². The van der Waals surface area contributed by atoms with Crippen molar-refractivity contribution in [2.75, 3.05) is 17.3 Å². The second-order valence-electron chi connectivity index (χ2n) is 6.25. The van der Waals surface area contributed by atoms with Crippen molar-refractivity contribution < 1.29 is 14.4 Å². The minimum absolute atomic E-state index is 0.130. The lowest BCUT2D eigenvalue weighted by atomic mass is 9.98. The second kappa shape index (κ2) is 8.76. The van der Waals surface area contributed by atoms with E-state index in [-0.39, 0.29) is 17.0 Å². The number of ketones is 1. The number of rotatable bonds is 6. The van der Waals surface area contributed by atoms with Gasteiger partial charge in [-0.3, -0.25) is 14.4 Å². The normalized spacial score (nSPS) is 10.4. The van der Waals surface area contributed by atoms with Crippen molar-refractivity contribution in [1.82, 2.24) is 0 Å². The monoisotopic (exact) mass is 435 g/mol. The lowest BCUT2D eigenvalue weighted by molar-refractivity contribution is -0.115. The van der Waals surface area contributed by atoms with Crippen LogP contribution in [0.15, 0.2) is 72.8 Å². The number of amides is 1. The third kappa shape index (κ3) is 4.10. The van der Waals surface area contributed by atoms with Crippen LogP contribution in [0.4, 0.5) is 5.69 Å². The summed E-state index contributed by atoms with van der Waals surface area (Å²) in [6, 6.07) is 21.6. The average Bonchev–Trinajstić information content (AvgIpc) is 2.77. The quantitative estimate of drug-likeness (QED) is 0.318. The van der Waals surface area contributed by atoms with Crippen LogP contribution < -0.4 is 4.90 Å². The highest BCUT2D eigenvalue weighted by Gasteiger charge is 2.18. The summed E-state index contributed by atoms with van der Waals surface area (Å²) < 4.78 is 0. The predicted molar refractivity (Wildman–Crippen MR) is 114 cm³/mol. The lowest BCUT2D eigenvalue weighted by Gasteiger charge is -2.19. The highest BCUT2D eigenvalue weighted by molar-refractivity contribution is 9.09. The van der Waals surface area contributed by atoms with E-state index in [1.54, 1.807) is 55.6 Å². The largest absolute Gasteiger partial charge is 0.314 e. The highest BCUT2D eigenvalue weighted by Crippen LogP contribution is 2.25. The van der Waals surface area contributed by atoms with Crippen molar-refractivity contribution in [2.24, 2.45) is 0 Å². The van der Waals surface area contributed by atoms with E-state index < -0.39 is 0 Å². The first-order chi connectivity index (χ1) is 13.5. The van der Waals surface area contributed by atoms with Gasteiger partial charge in [0.05, 0.1) is 11.0 Å². The van der Waals surface area contributed by atoms with Crippen LogP contribution in [0.2, 0.25) is 0 Å². The molecule has 5 heteroatoms. The van der Waals surface area contributed by atoms with Gasteiger partial charge in [-0.25, -0.2) is 0 Å². The van der Waals surface area contributed by atoms with Gasteiger partial charge in [-0.15, -0.1) is 0 Å². The van der Waals surface area contributed by atoms with E-state index >= 15 is 0 Å². The summed E-state index contributed by atoms with van der Waals surface area (Å²) in [5.41, 5.74) is 4.13. The highest BCUT2D eigenvalue weighted by atomic mass is 79.9. The maximum absolute atomic E-state index is 13.0. The summed E-state index contributed by atoms with van der Waals surface area (Å²) >= 11 is 3.16. The second-order valence-corrected chi connectivity index (χ2v) is 6.81.